The fourth-order valence-corrected chi connectivity index (χ4v) is 2.79. The number of hydrogen-bond donors (Lipinski definition) is 1. The van der Waals surface area contributed by atoms with E-state index in [9.17, 15) is 5.11 Å². The molecule has 0 unspecified atom stereocenters. The quantitative estimate of drug-likeness (QED) is 0.670. The Hall–Kier alpha value is -1.08. The van der Waals surface area contributed by atoms with E-state index in [0.29, 0.717) is 0 Å². The van der Waals surface area contributed by atoms with Crippen LogP contribution in [0.25, 0.3) is 0 Å². The van der Waals surface area contributed by atoms with E-state index in [1.54, 1.807) is 0 Å². The summed E-state index contributed by atoms with van der Waals surface area (Å²) in [6.07, 6.45) is 4.00. The second-order valence-corrected chi connectivity index (χ2v) is 11.1. The van der Waals surface area contributed by atoms with Gasteiger partial charge in [-0.25, -0.2) is 0 Å². The molecule has 0 radical (unpaired) electrons. The SMILES string of the molecule is C#C[C@H](O)[C@@H](O[Si](C)(C)C(C)(C)C)c1ccccc1. The van der Waals surface area contributed by atoms with Crippen LogP contribution < -0.4 is 0 Å². The molecule has 0 saturated heterocycles. The Balaban J connectivity index is 3.05. The summed E-state index contributed by atoms with van der Waals surface area (Å²) >= 11 is 0. The van der Waals surface area contributed by atoms with E-state index in [1.807, 2.05) is 30.3 Å². The second-order valence-electron chi connectivity index (χ2n) is 6.32. The van der Waals surface area contributed by atoms with Crippen molar-refractivity contribution in [3.05, 3.63) is 35.9 Å². The van der Waals surface area contributed by atoms with Crippen molar-refractivity contribution < 1.29 is 9.53 Å². The first-order chi connectivity index (χ1) is 8.69. The molecule has 0 amide bonds. The molecule has 2 nitrogen and oxygen atoms in total. The van der Waals surface area contributed by atoms with Crippen molar-refractivity contribution in [2.24, 2.45) is 0 Å². The molecule has 0 aliphatic heterocycles. The van der Waals surface area contributed by atoms with Crippen LogP contribution in [0.5, 0.6) is 0 Å². The van der Waals surface area contributed by atoms with Crippen molar-refractivity contribution in [3.63, 3.8) is 0 Å². The first-order valence-electron chi connectivity index (χ1n) is 6.56. The van der Waals surface area contributed by atoms with Crippen LogP contribution in [0.4, 0.5) is 0 Å². The molecule has 3 heteroatoms. The van der Waals surface area contributed by atoms with Crippen molar-refractivity contribution in [1.82, 2.24) is 0 Å². The van der Waals surface area contributed by atoms with Crippen LogP contribution in [0.15, 0.2) is 30.3 Å². The number of benzene rings is 1. The maximum absolute atomic E-state index is 10.1. The lowest BCUT2D eigenvalue weighted by Crippen LogP contribution is -2.43. The smallest absolute Gasteiger partial charge is 0.193 e. The molecule has 1 rings (SSSR count). The van der Waals surface area contributed by atoms with Gasteiger partial charge in [0.1, 0.15) is 12.2 Å². The molecule has 0 aliphatic carbocycles. The maximum Gasteiger partial charge on any atom is 0.193 e. The highest BCUT2D eigenvalue weighted by Gasteiger charge is 2.40. The van der Waals surface area contributed by atoms with Gasteiger partial charge in [-0.1, -0.05) is 57.0 Å². The molecular weight excluding hydrogens is 252 g/mol. The lowest BCUT2D eigenvalue weighted by atomic mass is 10.1. The van der Waals surface area contributed by atoms with Crippen LogP contribution in [-0.2, 0) is 4.43 Å². The normalized spacial score (nSPS) is 15.6. The van der Waals surface area contributed by atoms with Gasteiger partial charge >= 0.3 is 0 Å². The third kappa shape index (κ3) is 3.94. The van der Waals surface area contributed by atoms with Gasteiger partial charge in [-0.2, -0.15) is 0 Å². The monoisotopic (exact) mass is 276 g/mol. The Labute approximate surface area is 117 Å². The summed E-state index contributed by atoms with van der Waals surface area (Å²) in [4.78, 5) is 0. The summed E-state index contributed by atoms with van der Waals surface area (Å²) in [5.41, 5.74) is 0.928. The fraction of sp³-hybridized carbons (Fsp3) is 0.500. The highest BCUT2D eigenvalue weighted by Crippen LogP contribution is 2.40. The van der Waals surface area contributed by atoms with Crippen molar-refractivity contribution in [2.75, 3.05) is 0 Å². The van der Waals surface area contributed by atoms with Gasteiger partial charge in [-0.15, -0.1) is 6.42 Å². The number of rotatable bonds is 4. The third-order valence-electron chi connectivity index (χ3n) is 3.81. The van der Waals surface area contributed by atoms with Crippen LogP contribution in [0.2, 0.25) is 18.1 Å². The molecule has 0 heterocycles. The minimum atomic E-state index is -1.99. The summed E-state index contributed by atoms with van der Waals surface area (Å²) in [5.74, 6) is 2.39. The summed E-state index contributed by atoms with van der Waals surface area (Å²) in [7, 11) is -1.99. The van der Waals surface area contributed by atoms with Gasteiger partial charge < -0.3 is 9.53 Å². The zero-order chi connectivity index (χ0) is 14.7. The van der Waals surface area contributed by atoms with Gasteiger partial charge in [0.25, 0.3) is 0 Å². The Morgan fingerprint density at radius 2 is 1.74 bits per heavy atom. The summed E-state index contributed by atoms with van der Waals surface area (Å²) < 4.78 is 6.29. The van der Waals surface area contributed by atoms with E-state index in [1.165, 1.54) is 0 Å². The predicted octanol–water partition coefficient (Wildman–Crippen LogP) is 3.74. The number of aliphatic hydroxyl groups excluding tert-OH is 1. The van der Waals surface area contributed by atoms with E-state index in [2.05, 4.69) is 39.8 Å². The molecular formula is C16H24O2Si. The third-order valence-corrected chi connectivity index (χ3v) is 8.27. The van der Waals surface area contributed by atoms with Gasteiger partial charge in [0.05, 0.1) is 0 Å². The summed E-state index contributed by atoms with van der Waals surface area (Å²) in [5, 5.41) is 10.1. The molecule has 19 heavy (non-hydrogen) atoms. The average molecular weight is 276 g/mol. The van der Waals surface area contributed by atoms with Crippen LogP contribution >= 0.6 is 0 Å². The Bertz CT molecular complexity index is 440. The van der Waals surface area contributed by atoms with E-state index < -0.39 is 20.5 Å². The second kappa shape index (κ2) is 5.92. The van der Waals surface area contributed by atoms with Gasteiger partial charge in [0.15, 0.2) is 8.32 Å². The van der Waals surface area contributed by atoms with Crippen LogP contribution in [0.3, 0.4) is 0 Å². The largest absolute Gasteiger partial charge is 0.406 e. The number of aliphatic hydroxyl groups is 1. The molecule has 104 valence electrons. The zero-order valence-corrected chi connectivity index (χ0v) is 13.5. The van der Waals surface area contributed by atoms with Gasteiger partial charge in [0, 0.05) is 0 Å². The Morgan fingerprint density at radius 3 is 2.16 bits per heavy atom. The molecule has 0 spiro atoms. The van der Waals surface area contributed by atoms with Crippen molar-refractivity contribution in [3.8, 4) is 12.3 Å². The minimum Gasteiger partial charge on any atom is -0.406 e. The molecule has 0 saturated carbocycles. The zero-order valence-electron chi connectivity index (χ0n) is 12.5. The molecule has 1 aromatic carbocycles. The Kier molecular flexibility index (Phi) is 4.97. The molecule has 0 fully saturated rings. The van der Waals surface area contributed by atoms with Gasteiger partial charge in [-0.3, -0.25) is 0 Å². The maximum atomic E-state index is 10.1. The van der Waals surface area contributed by atoms with Crippen molar-refractivity contribution in [2.45, 2.75) is 51.1 Å². The predicted molar refractivity (Wildman–Crippen MR) is 82.3 cm³/mol. The van der Waals surface area contributed by atoms with Crippen LogP contribution in [-0.4, -0.2) is 19.5 Å². The number of hydrogen-bond acceptors (Lipinski definition) is 2. The Morgan fingerprint density at radius 1 is 1.21 bits per heavy atom. The van der Waals surface area contributed by atoms with Gasteiger partial charge in [-0.05, 0) is 23.7 Å². The molecule has 0 aliphatic rings. The van der Waals surface area contributed by atoms with Crippen LogP contribution in [0, 0.1) is 12.3 Å². The summed E-state index contributed by atoms with van der Waals surface area (Å²) in [6, 6.07) is 9.69. The van der Waals surface area contributed by atoms with E-state index >= 15 is 0 Å². The summed E-state index contributed by atoms with van der Waals surface area (Å²) in [6.45, 7) is 10.8. The number of terminal acetylenes is 1. The lowest BCUT2D eigenvalue weighted by molar-refractivity contribution is 0.0622. The molecule has 0 aromatic heterocycles. The van der Waals surface area contributed by atoms with Gasteiger partial charge in [0.2, 0.25) is 0 Å². The van der Waals surface area contributed by atoms with Crippen molar-refractivity contribution >= 4 is 8.32 Å². The first kappa shape index (κ1) is 16.0. The first-order valence-corrected chi connectivity index (χ1v) is 9.47. The lowest BCUT2D eigenvalue weighted by Gasteiger charge is -2.40. The van der Waals surface area contributed by atoms with E-state index in [4.69, 9.17) is 10.8 Å². The fourth-order valence-electron chi connectivity index (χ4n) is 1.54. The highest BCUT2D eigenvalue weighted by molar-refractivity contribution is 6.74. The van der Waals surface area contributed by atoms with Crippen LogP contribution in [0.1, 0.15) is 32.4 Å². The minimum absolute atomic E-state index is 0.0777. The standard InChI is InChI=1S/C16H24O2Si/c1-7-14(17)15(13-11-9-8-10-12-13)18-19(5,6)16(2,3)4/h1,8-12,14-15,17H,2-6H3/t14-,15-/m0/s1. The topological polar surface area (TPSA) is 29.5 Å². The molecule has 2 atom stereocenters. The van der Waals surface area contributed by atoms with Crippen molar-refractivity contribution in [1.29, 1.82) is 0 Å². The molecule has 0 bridgehead atoms. The highest BCUT2D eigenvalue weighted by atomic mass is 28.4. The van der Waals surface area contributed by atoms with E-state index in [0.717, 1.165) is 5.56 Å². The molecule has 1 N–H and O–H groups in total. The van der Waals surface area contributed by atoms with E-state index in [-0.39, 0.29) is 5.04 Å². The molecule has 1 aromatic rings. The average Bonchev–Trinajstić information content (AvgIpc) is 2.35.